The number of fused-ring (bicyclic) bond motifs is 13. The minimum Gasteiger partial charge on any atom is -0.454 e. The average Bonchev–Trinajstić information content (AvgIpc) is 3.89. The molecule has 4 heterocycles. The number of hydrogen-bond donors (Lipinski definition) is 0. The summed E-state index contributed by atoms with van der Waals surface area (Å²) in [4.78, 5) is 2.72. The van der Waals surface area contributed by atoms with E-state index in [9.17, 15) is 0 Å². The highest BCUT2D eigenvalue weighted by Gasteiger charge is 2.48. The van der Waals surface area contributed by atoms with Crippen LogP contribution in [0.4, 0.5) is 11.4 Å². The molecule has 0 saturated carbocycles. The van der Waals surface area contributed by atoms with Crippen LogP contribution in [0.25, 0.3) is 71.7 Å². The van der Waals surface area contributed by atoms with Crippen LogP contribution >= 0.6 is 0 Å². The summed E-state index contributed by atoms with van der Waals surface area (Å²) in [6.45, 7) is 14.2. The minimum atomic E-state index is -0.211. The molecule has 1 aliphatic carbocycles. The zero-order chi connectivity index (χ0) is 44.6. The van der Waals surface area contributed by atoms with Crippen LogP contribution in [-0.2, 0) is 23.7 Å². The minimum absolute atomic E-state index is 0.117. The lowest BCUT2D eigenvalue weighted by atomic mass is 9.43. The van der Waals surface area contributed by atoms with Crippen molar-refractivity contribution in [3.63, 3.8) is 0 Å². The summed E-state index contributed by atoms with van der Waals surface area (Å²) in [5, 5.41) is 5.02. The van der Waals surface area contributed by atoms with Gasteiger partial charge in [-0.25, -0.2) is 0 Å². The molecule has 0 N–H and O–H groups in total. The Bertz CT molecular complexity index is 3620. The summed E-state index contributed by atoms with van der Waals surface area (Å²) in [6.07, 6.45) is 6.81. The van der Waals surface area contributed by atoms with Gasteiger partial charge in [-0.2, -0.15) is 0 Å². The highest BCUT2D eigenvalue weighted by Crippen LogP contribution is 2.55. The van der Waals surface area contributed by atoms with Gasteiger partial charge in [0, 0.05) is 49.3 Å². The number of para-hydroxylation sites is 1. The van der Waals surface area contributed by atoms with E-state index in [1.54, 1.807) is 0 Å². The zero-order valence-electron chi connectivity index (χ0n) is 39.1. The zero-order valence-corrected chi connectivity index (χ0v) is 39.1. The maximum absolute atomic E-state index is 7.19. The van der Waals surface area contributed by atoms with Crippen LogP contribution in [-0.4, -0.2) is 11.4 Å². The third-order valence-electron chi connectivity index (χ3n) is 15.9. The van der Waals surface area contributed by atoms with Gasteiger partial charge in [0.1, 0.15) is 5.58 Å². The van der Waals surface area contributed by atoms with Gasteiger partial charge in [0.2, 0.25) is 0 Å². The van der Waals surface area contributed by atoms with Crippen molar-refractivity contribution in [1.29, 1.82) is 0 Å². The number of anilines is 2. The maximum Gasteiger partial charge on any atom is 0.333 e. The van der Waals surface area contributed by atoms with Crippen LogP contribution in [0.15, 0.2) is 156 Å². The fourth-order valence-electron chi connectivity index (χ4n) is 12.6. The van der Waals surface area contributed by atoms with E-state index >= 15 is 0 Å². The second kappa shape index (κ2) is 14.4. The van der Waals surface area contributed by atoms with E-state index in [0.717, 1.165) is 42.2 Å². The molecule has 66 heavy (non-hydrogen) atoms. The summed E-state index contributed by atoms with van der Waals surface area (Å²) in [7, 11) is 0. The van der Waals surface area contributed by atoms with Crippen molar-refractivity contribution in [2.75, 3.05) is 4.81 Å². The summed E-state index contributed by atoms with van der Waals surface area (Å²) < 4.78 is 9.81. The predicted octanol–water partition coefficient (Wildman–Crippen LogP) is 15.2. The van der Waals surface area contributed by atoms with Gasteiger partial charge in [-0.15, -0.1) is 0 Å². The second-order valence-electron chi connectivity index (χ2n) is 20.5. The molecule has 0 fully saturated rings. The third-order valence-corrected chi connectivity index (χ3v) is 15.9. The van der Waals surface area contributed by atoms with Gasteiger partial charge in [-0.05, 0) is 141 Å². The van der Waals surface area contributed by atoms with Crippen LogP contribution in [0.5, 0.6) is 0 Å². The Kier molecular flexibility index (Phi) is 8.61. The molecule has 0 unspecified atom stereocenters. The van der Waals surface area contributed by atoms with Crippen molar-refractivity contribution in [3.05, 3.63) is 185 Å². The molecule has 4 heteroatoms. The normalized spacial score (nSPS) is 15.1. The van der Waals surface area contributed by atoms with Crippen molar-refractivity contribution in [3.8, 4) is 27.9 Å². The Hall–Kier alpha value is -6.78. The summed E-state index contributed by atoms with van der Waals surface area (Å²) in [6, 6.07) is 58.2. The average molecular weight is 855 g/mol. The predicted molar refractivity (Wildman–Crippen MR) is 280 cm³/mol. The Morgan fingerprint density at radius 3 is 1.92 bits per heavy atom. The molecule has 3 aliphatic rings. The van der Waals surface area contributed by atoms with Crippen molar-refractivity contribution in [2.45, 2.75) is 90.9 Å². The van der Waals surface area contributed by atoms with Crippen LogP contribution in [0, 0.1) is 0 Å². The molecule has 0 radical (unpaired) electrons. The molecule has 2 aliphatic heterocycles. The van der Waals surface area contributed by atoms with Gasteiger partial charge < -0.3 is 13.8 Å². The Morgan fingerprint density at radius 2 is 1.18 bits per heavy atom. The van der Waals surface area contributed by atoms with Crippen LogP contribution in [0.2, 0.25) is 0 Å². The number of hydrogen-bond acceptors (Lipinski definition) is 2. The first-order chi connectivity index (χ1) is 32.2. The van der Waals surface area contributed by atoms with E-state index in [4.69, 9.17) is 4.42 Å². The Balaban J connectivity index is 1.20. The highest BCUT2D eigenvalue weighted by atomic mass is 16.3. The SMILES string of the molecule is CCCCc1ccc2c(c1)c1cc(CCCC)cc3c1n2-c1c2c(cc4c1oc1ccccc14)-c1cc4c(cc1N(c1ccc(-c5ccccc5)cc1)B23)C(C)(C)c1ccccc1C4(C)C. The lowest BCUT2D eigenvalue weighted by Gasteiger charge is -2.47. The Morgan fingerprint density at radius 1 is 0.530 bits per heavy atom. The molecule has 0 atom stereocenters. The van der Waals surface area contributed by atoms with E-state index in [1.807, 2.05) is 0 Å². The number of nitrogens with zero attached hydrogens (tertiary/aromatic N) is 2. The number of furan rings is 1. The quantitative estimate of drug-likeness (QED) is 0.142. The van der Waals surface area contributed by atoms with Gasteiger partial charge >= 0.3 is 6.85 Å². The van der Waals surface area contributed by atoms with Gasteiger partial charge in [0.05, 0.1) is 16.7 Å². The molecule has 10 aromatic rings. The number of aromatic nitrogens is 1. The summed E-state index contributed by atoms with van der Waals surface area (Å²) in [5.41, 5.74) is 23.8. The van der Waals surface area contributed by atoms with E-state index in [1.165, 1.54) is 124 Å². The lowest BCUT2D eigenvalue weighted by molar-refractivity contribution is 0.521. The van der Waals surface area contributed by atoms with Crippen molar-refractivity contribution >= 4 is 72.9 Å². The molecule has 0 amide bonds. The molecule has 0 bridgehead atoms. The van der Waals surface area contributed by atoms with Crippen molar-refractivity contribution < 1.29 is 4.42 Å². The molecule has 13 rings (SSSR count). The smallest absolute Gasteiger partial charge is 0.333 e. The molecule has 8 aromatic carbocycles. The number of benzene rings is 8. The summed E-state index contributed by atoms with van der Waals surface area (Å²) in [5.74, 6) is 0. The van der Waals surface area contributed by atoms with Crippen LogP contribution < -0.4 is 15.7 Å². The largest absolute Gasteiger partial charge is 0.454 e. The van der Waals surface area contributed by atoms with Crippen LogP contribution in [0.3, 0.4) is 0 Å². The van der Waals surface area contributed by atoms with E-state index in [2.05, 4.69) is 203 Å². The number of unbranched alkanes of at least 4 members (excludes halogenated alkanes) is 2. The fourth-order valence-corrected chi connectivity index (χ4v) is 12.6. The first-order valence-electron chi connectivity index (χ1n) is 24.5. The van der Waals surface area contributed by atoms with Gasteiger partial charge in [0.15, 0.2) is 5.58 Å². The topological polar surface area (TPSA) is 21.3 Å². The molecule has 0 spiro atoms. The van der Waals surface area contributed by atoms with E-state index in [0.29, 0.717) is 0 Å². The van der Waals surface area contributed by atoms with E-state index in [-0.39, 0.29) is 17.7 Å². The fraction of sp³-hybridized carbons (Fsp3) is 0.226. The molecule has 322 valence electrons. The third kappa shape index (κ3) is 5.45. The molecule has 2 aromatic heterocycles. The first kappa shape index (κ1) is 39.6. The maximum atomic E-state index is 7.19. The molecule has 3 nitrogen and oxygen atoms in total. The monoisotopic (exact) mass is 854 g/mol. The first-order valence-corrected chi connectivity index (χ1v) is 24.5. The molecular weight excluding hydrogens is 800 g/mol. The van der Waals surface area contributed by atoms with Gasteiger partial charge in [-0.3, -0.25) is 0 Å². The number of aryl methyl sites for hydroxylation is 2. The van der Waals surface area contributed by atoms with Gasteiger partial charge in [0.25, 0.3) is 0 Å². The molecule has 0 saturated heterocycles. The second-order valence-corrected chi connectivity index (χ2v) is 20.5. The van der Waals surface area contributed by atoms with Gasteiger partial charge in [-0.1, -0.05) is 151 Å². The van der Waals surface area contributed by atoms with Crippen LogP contribution in [0.1, 0.15) is 101 Å². The lowest BCUT2D eigenvalue weighted by Crippen LogP contribution is -2.61. The van der Waals surface area contributed by atoms with Crippen molar-refractivity contribution in [1.82, 2.24) is 4.57 Å². The standard InChI is InChI=1S/C62H55BN2O/c1-7-9-18-38-26-31-54-44(32-38)47-33-39(19-10-8-2)34-53-58(47)64(54)59-57-46(35-48-43-22-14-17-25-56(43)66-60(48)59)45-36-51-52(62(5,6)50-24-16-15-23-49(50)61(51,3)4)37-55(45)65(63(53)57)42-29-27-41(28-30-42)40-20-12-11-13-21-40/h11-17,20-37H,7-10,18-19H2,1-6H3. The van der Waals surface area contributed by atoms with Crippen molar-refractivity contribution in [2.24, 2.45) is 0 Å². The molecular formula is C62H55BN2O. The number of rotatable bonds is 8. The Labute approximate surface area is 388 Å². The summed E-state index contributed by atoms with van der Waals surface area (Å²) >= 11 is 0. The van der Waals surface area contributed by atoms with E-state index < -0.39 is 0 Å². The highest BCUT2D eigenvalue weighted by molar-refractivity contribution is 6.94.